The maximum absolute atomic E-state index is 4.58. The first-order chi connectivity index (χ1) is 18.8. The highest BCUT2D eigenvalue weighted by molar-refractivity contribution is 8.14. The van der Waals surface area contributed by atoms with Crippen molar-refractivity contribution in [1.29, 1.82) is 0 Å². The number of thioether (sulfide) groups is 1. The highest BCUT2D eigenvalue weighted by Crippen LogP contribution is 2.26. The molecule has 2 N–H and O–H groups in total. The number of aliphatic imine (C=N–C) groups is 1. The van der Waals surface area contributed by atoms with Crippen LogP contribution in [-0.2, 0) is 6.42 Å². The Balaban J connectivity index is 1.53. The second kappa shape index (κ2) is 16.4. The van der Waals surface area contributed by atoms with E-state index in [4.69, 9.17) is 0 Å². The zero-order chi connectivity index (χ0) is 28.0. The molecule has 210 valence electrons. The molecule has 2 aromatic rings. The zero-order valence-electron chi connectivity index (χ0n) is 24.3. The van der Waals surface area contributed by atoms with Crippen molar-refractivity contribution >= 4 is 16.8 Å². The molecule has 1 atom stereocenters. The average molecular weight is 545 g/mol. The van der Waals surface area contributed by atoms with Gasteiger partial charge in [0.2, 0.25) is 0 Å². The van der Waals surface area contributed by atoms with Gasteiger partial charge < -0.3 is 10.6 Å². The Kier molecular flexibility index (Phi) is 12.9. The van der Waals surface area contributed by atoms with Crippen molar-refractivity contribution in [3.63, 3.8) is 0 Å². The van der Waals surface area contributed by atoms with Crippen LogP contribution in [0, 0.1) is 0 Å². The van der Waals surface area contributed by atoms with Crippen LogP contribution in [0.1, 0.15) is 63.0 Å². The second-order valence-corrected chi connectivity index (χ2v) is 12.0. The fraction of sp³-hybridized carbons (Fsp3) is 0.441. The number of piperidine rings is 1. The quantitative estimate of drug-likeness (QED) is 0.105. The van der Waals surface area contributed by atoms with Crippen molar-refractivity contribution < 1.29 is 0 Å². The standard InChI is InChI=1S/C34H48N4S/c1-26(2)31-16-13-17-33(23-31)39-34(35-6)19-18-28(4)37-32(22-30-14-9-7-10-15-30)24-36-29(5)27(3)25-38-20-11-8-12-21-38/h7,9-10,13-17,23,26,32,36-37H,3-5,8,11-12,18-22,24-25H2,1-2,6H3/t32-/m0/s1. The Morgan fingerprint density at radius 3 is 2.41 bits per heavy atom. The molecule has 0 amide bonds. The number of likely N-dealkylation sites (tertiary alicyclic amines) is 1. The third-order valence-corrected chi connectivity index (χ3v) is 8.35. The van der Waals surface area contributed by atoms with E-state index in [-0.39, 0.29) is 6.04 Å². The van der Waals surface area contributed by atoms with E-state index < -0.39 is 0 Å². The normalized spacial score (nSPS) is 15.1. The third-order valence-electron chi connectivity index (χ3n) is 7.24. The lowest BCUT2D eigenvalue weighted by molar-refractivity contribution is 0.247. The maximum Gasteiger partial charge on any atom is 0.0723 e. The highest BCUT2D eigenvalue weighted by atomic mass is 32.2. The van der Waals surface area contributed by atoms with Crippen molar-refractivity contribution in [3.05, 3.63) is 102 Å². The summed E-state index contributed by atoms with van der Waals surface area (Å²) in [6.45, 7) is 21.4. The molecule has 0 unspecified atom stereocenters. The second-order valence-electron chi connectivity index (χ2n) is 10.9. The topological polar surface area (TPSA) is 39.7 Å². The molecule has 4 nitrogen and oxygen atoms in total. The molecular weight excluding hydrogens is 496 g/mol. The van der Waals surface area contributed by atoms with Crippen LogP contribution < -0.4 is 10.6 Å². The summed E-state index contributed by atoms with van der Waals surface area (Å²) in [4.78, 5) is 8.31. The summed E-state index contributed by atoms with van der Waals surface area (Å²) >= 11 is 1.76. The van der Waals surface area contributed by atoms with E-state index in [0.29, 0.717) is 5.92 Å². The molecule has 0 bridgehead atoms. The molecular formula is C34H48N4S. The van der Waals surface area contributed by atoms with Gasteiger partial charge in [0.15, 0.2) is 0 Å². The summed E-state index contributed by atoms with van der Waals surface area (Å²) in [6, 6.07) is 19.6. The first kappa shape index (κ1) is 30.8. The lowest BCUT2D eigenvalue weighted by Gasteiger charge is -2.28. The van der Waals surface area contributed by atoms with Gasteiger partial charge in [-0.15, -0.1) is 0 Å². The van der Waals surface area contributed by atoms with Crippen molar-refractivity contribution in [1.82, 2.24) is 15.5 Å². The van der Waals surface area contributed by atoms with Gasteiger partial charge >= 0.3 is 0 Å². The lowest BCUT2D eigenvalue weighted by Crippen LogP contribution is -2.40. The van der Waals surface area contributed by atoms with E-state index in [0.717, 1.165) is 67.5 Å². The molecule has 1 aliphatic heterocycles. The SMILES string of the molecule is C=C(CCC(=NC)Sc1cccc(C(C)C)c1)N[C@H](CNC(=C)C(=C)CN1CCCCC1)Cc1ccccc1. The number of hydrogen-bond acceptors (Lipinski definition) is 5. The van der Waals surface area contributed by atoms with E-state index in [1.165, 1.54) is 35.3 Å². The average Bonchev–Trinajstić information content (AvgIpc) is 2.95. The number of rotatable bonds is 15. The lowest BCUT2D eigenvalue weighted by atomic mass is 10.0. The zero-order valence-corrected chi connectivity index (χ0v) is 25.2. The van der Waals surface area contributed by atoms with E-state index in [1.54, 1.807) is 11.8 Å². The van der Waals surface area contributed by atoms with Crippen LogP contribution in [0.2, 0.25) is 0 Å². The van der Waals surface area contributed by atoms with Crippen LogP contribution in [0.4, 0.5) is 0 Å². The largest absolute Gasteiger partial charge is 0.384 e. The van der Waals surface area contributed by atoms with Gasteiger partial charge in [-0.25, -0.2) is 0 Å². The molecule has 0 aromatic heterocycles. The summed E-state index contributed by atoms with van der Waals surface area (Å²) in [5, 5.41) is 8.40. The summed E-state index contributed by atoms with van der Waals surface area (Å²) in [6.07, 6.45) is 6.53. The molecule has 1 heterocycles. The molecule has 3 rings (SSSR count). The Labute approximate surface area is 241 Å². The van der Waals surface area contributed by atoms with Gasteiger partial charge in [-0.05, 0) is 73.5 Å². The Hall–Kier alpha value is -2.76. The monoisotopic (exact) mass is 544 g/mol. The van der Waals surface area contributed by atoms with Crippen molar-refractivity contribution in [2.45, 2.75) is 69.2 Å². The molecule has 5 heteroatoms. The molecule has 2 aromatic carbocycles. The molecule has 1 aliphatic rings. The summed E-state index contributed by atoms with van der Waals surface area (Å²) < 4.78 is 0. The van der Waals surface area contributed by atoms with Gasteiger partial charge in [0.1, 0.15) is 0 Å². The van der Waals surface area contributed by atoms with Gasteiger partial charge in [0.25, 0.3) is 0 Å². The van der Waals surface area contributed by atoms with Gasteiger partial charge in [0.05, 0.1) is 5.04 Å². The first-order valence-corrected chi connectivity index (χ1v) is 15.2. The highest BCUT2D eigenvalue weighted by Gasteiger charge is 2.15. The fourth-order valence-corrected chi connectivity index (χ4v) is 5.74. The number of allylic oxidation sites excluding steroid dienone is 1. The van der Waals surface area contributed by atoms with Crippen molar-refractivity contribution in [2.24, 2.45) is 4.99 Å². The number of hydrogen-bond donors (Lipinski definition) is 2. The Morgan fingerprint density at radius 1 is 0.974 bits per heavy atom. The molecule has 1 saturated heterocycles. The predicted octanol–water partition coefficient (Wildman–Crippen LogP) is 7.57. The van der Waals surface area contributed by atoms with Crippen LogP contribution in [-0.4, -0.2) is 49.2 Å². The van der Waals surface area contributed by atoms with Crippen molar-refractivity contribution in [3.8, 4) is 0 Å². The van der Waals surface area contributed by atoms with E-state index >= 15 is 0 Å². The fourth-order valence-electron chi connectivity index (χ4n) is 4.83. The molecule has 0 saturated carbocycles. The maximum atomic E-state index is 4.58. The minimum absolute atomic E-state index is 0.192. The summed E-state index contributed by atoms with van der Waals surface area (Å²) in [5.74, 6) is 0.518. The molecule has 1 fully saturated rings. The van der Waals surface area contributed by atoms with Crippen molar-refractivity contribution in [2.75, 3.05) is 33.2 Å². The summed E-state index contributed by atoms with van der Waals surface area (Å²) in [5.41, 5.74) is 5.72. The van der Waals surface area contributed by atoms with Crippen LogP contribution in [0.3, 0.4) is 0 Å². The minimum Gasteiger partial charge on any atom is -0.384 e. The van der Waals surface area contributed by atoms with Crippen LogP contribution in [0.15, 0.2) is 101 Å². The number of nitrogens with one attached hydrogen (secondary N) is 2. The summed E-state index contributed by atoms with van der Waals surface area (Å²) in [7, 11) is 1.88. The van der Waals surface area contributed by atoms with Gasteiger partial charge in [-0.1, -0.05) is 94.2 Å². The predicted molar refractivity (Wildman–Crippen MR) is 172 cm³/mol. The van der Waals surface area contributed by atoms with Gasteiger partial charge in [0, 0.05) is 48.9 Å². The van der Waals surface area contributed by atoms with Gasteiger partial charge in [-0.2, -0.15) is 0 Å². The van der Waals surface area contributed by atoms with Gasteiger partial charge in [-0.3, -0.25) is 9.89 Å². The molecule has 0 spiro atoms. The van der Waals surface area contributed by atoms with E-state index in [2.05, 4.69) is 109 Å². The Morgan fingerprint density at radius 2 is 1.72 bits per heavy atom. The number of nitrogens with zero attached hydrogens (tertiary/aromatic N) is 2. The first-order valence-electron chi connectivity index (χ1n) is 14.4. The Bertz CT molecular complexity index is 1100. The number of benzene rings is 2. The minimum atomic E-state index is 0.192. The smallest absolute Gasteiger partial charge is 0.0723 e. The van der Waals surface area contributed by atoms with Crippen LogP contribution >= 0.6 is 11.8 Å². The molecule has 0 aliphatic carbocycles. The van der Waals surface area contributed by atoms with E-state index in [1.807, 2.05) is 7.05 Å². The molecule has 0 radical (unpaired) electrons. The van der Waals surface area contributed by atoms with E-state index in [9.17, 15) is 0 Å². The van der Waals surface area contributed by atoms with Crippen LogP contribution in [0.5, 0.6) is 0 Å². The third kappa shape index (κ3) is 11.1. The van der Waals surface area contributed by atoms with Crippen LogP contribution in [0.25, 0.3) is 0 Å². The molecule has 39 heavy (non-hydrogen) atoms.